The van der Waals surface area contributed by atoms with Crippen LogP contribution in [0.3, 0.4) is 0 Å². The Kier molecular flexibility index (Phi) is 16.7. The van der Waals surface area contributed by atoms with Gasteiger partial charge in [0.2, 0.25) is 0 Å². The molecule has 2 nitrogen and oxygen atoms in total. The van der Waals surface area contributed by atoms with Crippen LogP contribution in [0, 0.1) is 0 Å². The van der Waals surface area contributed by atoms with Gasteiger partial charge in [-0.3, -0.25) is 0 Å². The maximum absolute atomic E-state index is 2.54. The van der Waals surface area contributed by atoms with Crippen LogP contribution in [-0.4, -0.2) is 29.1 Å². The topological polar surface area (TPSA) is 6.48 Å². The molecule has 0 amide bonds. The van der Waals surface area contributed by atoms with E-state index in [9.17, 15) is 0 Å². The lowest BCUT2D eigenvalue weighted by molar-refractivity contribution is 0.165. The highest BCUT2D eigenvalue weighted by Crippen LogP contribution is 2.18. The van der Waals surface area contributed by atoms with E-state index in [-0.39, 0.29) is 0 Å². The van der Waals surface area contributed by atoms with Crippen molar-refractivity contribution in [3.8, 4) is 0 Å². The third kappa shape index (κ3) is 12.7. The van der Waals surface area contributed by atoms with Crippen LogP contribution in [0.4, 0.5) is 0 Å². The second-order valence-corrected chi connectivity index (χ2v) is 9.06. The molecule has 1 aliphatic rings. The van der Waals surface area contributed by atoms with Gasteiger partial charge in [-0.25, -0.2) is 0 Å². The van der Waals surface area contributed by atoms with Crippen LogP contribution >= 0.6 is 0 Å². The molecule has 1 unspecified atom stereocenters. The Bertz CT molecular complexity index is 352. The first-order valence-corrected chi connectivity index (χ1v) is 13.0. The summed E-state index contributed by atoms with van der Waals surface area (Å²) in [5.74, 6) is 0. The monoisotopic (exact) mass is 392 g/mol. The molecule has 1 atom stereocenters. The molecule has 0 bridgehead atoms. The summed E-state index contributed by atoms with van der Waals surface area (Å²) in [5.41, 5.74) is 0. The summed E-state index contributed by atoms with van der Waals surface area (Å²) in [4.78, 5) is 5.07. The highest BCUT2D eigenvalue weighted by Gasteiger charge is 2.20. The van der Waals surface area contributed by atoms with Crippen molar-refractivity contribution in [1.82, 2.24) is 9.80 Å². The van der Waals surface area contributed by atoms with Crippen molar-refractivity contribution < 1.29 is 0 Å². The zero-order chi connectivity index (χ0) is 20.3. The van der Waals surface area contributed by atoms with E-state index in [1.807, 2.05) is 0 Å². The van der Waals surface area contributed by atoms with Gasteiger partial charge in [0.1, 0.15) is 0 Å². The Balaban J connectivity index is 1.84. The van der Waals surface area contributed by atoms with E-state index >= 15 is 0 Å². The molecule has 0 aromatic heterocycles. The average molecular weight is 393 g/mol. The van der Waals surface area contributed by atoms with E-state index in [4.69, 9.17) is 0 Å². The van der Waals surface area contributed by atoms with Crippen molar-refractivity contribution in [2.75, 3.05) is 13.1 Å². The Labute approximate surface area is 178 Å². The fourth-order valence-corrected chi connectivity index (χ4v) is 4.34. The molecule has 0 spiro atoms. The molecule has 28 heavy (non-hydrogen) atoms. The van der Waals surface area contributed by atoms with Crippen LogP contribution in [-0.2, 0) is 0 Å². The predicted molar refractivity (Wildman–Crippen MR) is 126 cm³/mol. The van der Waals surface area contributed by atoms with Gasteiger partial charge < -0.3 is 9.80 Å². The molecule has 166 valence electrons. The Morgan fingerprint density at radius 2 is 0.750 bits per heavy atom. The first kappa shape index (κ1) is 25.4. The van der Waals surface area contributed by atoms with E-state index < -0.39 is 0 Å². The lowest BCUT2D eigenvalue weighted by atomic mass is 10.0. The van der Waals surface area contributed by atoms with Crippen LogP contribution in [0.25, 0.3) is 0 Å². The van der Waals surface area contributed by atoms with Gasteiger partial charge in [-0.1, -0.05) is 117 Å². The molecule has 0 radical (unpaired) electrons. The van der Waals surface area contributed by atoms with Gasteiger partial charge in [-0.05, 0) is 19.8 Å². The largest absolute Gasteiger partial charge is 0.356 e. The van der Waals surface area contributed by atoms with Gasteiger partial charge in [-0.15, -0.1) is 0 Å². The molecule has 1 heterocycles. The lowest BCUT2D eigenvalue weighted by Gasteiger charge is -2.29. The minimum absolute atomic E-state index is 0.573. The first-order chi connectivity index (χ1) is 13.8. The minimum atomic E-state index is 0.573. The maximum Gasteiger partial charge on any atom is 0.0977 e. The molecule has 0 aromatic rings. The minimum Gasteiger partial charge on any atom is -0.356 e. The van der Waals surface area contributed by atoms with Crippen molar-refractivity contribution in [1.29, 1.82) is 0 Å². The predicted octanol–water partition coefficient (Wildman–Crippen LogP) is 8.48. The second-order valence-electron chi connectivity index (χ2n) is 9.06. The van der Waals surface area contributed by atoms with Crippen LogP contribution in [0.5, 0.6) is 0 Å². The first-order valence-electron chi connectivity index (χ1n) is 13.0. The van der Waals surface area contributed by atoms with Gasteiger partial charge in [0, 0.05) is 25.5 Å². The van der Waals surface area contributed by atoms with Crippen LogP contribution < -0.4 is 0 Å². The molecule has 2 heteroatoms. The molecule has 0 fully saturated rings. The summed E-state index contributed by atoms with van der Waals surface area (Å²) in [6.45, 7) is 9.42. The van der Waals surface area contributed by atoms with Crippen molar-refractivity contribution in [3.63, 3.8) is 0 Å². The van der Waals surface area contributed by atoms with E-state index in [0.29, 0.717) is 6.17 Å². The second kappa shape index (κ2) is 18.4. The smallest absolute Gasteiger partial charge is 0.0977 e. The zero-order valence-corrected chi connectivity index (χ0v) is 19.8. The molecule has 0 aromatic carbocycles. The van der Waals surface area contributed by atoms with Crippen LogP contribution in [0.15, 0.2) is 12.4 Å². The molecule has 0 saturated carbocycles. The van der Waals surface area contributed by atoms with Crippen LogP contribution in [0.1, 0.15) is 136 Å². The third-order valence-electron chi connectivity index (χ3n) is 6.45. The maximum atomic E-state index is 2.54. The summed E-state index contributed by atoms with van der Waals surface area (Å²) >= 11 is 0. The summed E-state index contributed by atoms with van der Waals surface area (Å²) in [5, 5.41) is 0. The number of unbranched alkanes of at least 4 members (excludes halogenated alkanes) is 16. The summed E-state index contributed by atoms with van der Waals surface area (Å²) in [6.07, 6.45) is 30.8. The van der Waals surface area contributed by atoms with Gasteiger partial charge in [0.25, 0.3) is 0 Å². The Hall–Kier alpha value is -0.660. The fourth-order valence-electron chi connectivity index (χ4n) is 4.34. The molecular formula is C26H52N2. The van der Waals surface area contributed by atoms with Crippen molar-refractivity contribution in [2.24, 2.45) is 0 Å². The van der Waals surface area contributed by atoms with Crippen molar-refractivity contribution >= 4 is 0 Å². The normalized spacial score (nSPS) is 16.5. The SMILES string of the molecule is CCCCCCCCCCCCCCCCN1C=CN(CCCCCC)C1C. The van der Waals surface area contributed by atoms with Gasteiger partial charge in [-0.2, -0.15) is 0 Å². The fraction of sp³-hybridized carbons (Fsp3) is 0.923. The molecule has 1 aliphatic heterocycles. The van der Waals surface area contributed by atoms with Crippen molar-refractivity contribution in [2.45, 2.75) is 143 Å². The van der Waals surface area contributed by atoms with Gasteiger partial charge in [0.15, 0.2) is 0 Å². The molecular weight excluding hydrogens is 340 g/mol. The quantitative estimate of drug-likeness (QED) is 0.192. The third-order valence-corrected chi connectivity index (χ3v) is 6.45. The highest BCUT2D eigenvalue weighted by atomic mass is 15.4. The molecule has 0 saturated heterocycles. The van der Waals surface area contributed by atoms with Crippen molar-refractivity contribution in [3.05, 3.63) is 12.4 Å². The number of hydrogen-bond donors (Lipinski definition) is 0. The molecule has 0 aliphatic carbocycles. The van der Waals surface area contributed by atoms with E-state index in [1.54, 1.807) is 0 Å². The number of nitrogens with zero attached hydrogens (tertiary/aromatic N) is 2. The highest BCUT2D eigenvalue weighted by molar-refractivity contribution is 4.95. The van der Waals surface area contributed by atoms with E-state index in [2.05, 4.69) is 43.0 Å². The average Bonchev–Trinajstić information content (AvgIpc) is 3.05. The summed E-state index contributed by atoms with van der Waals surface area (Å²) in [7, 11) is 0. The number of rotatable bonds is 20. The Morgan fingerprint density at radius 3 is 1.11 bits per heavy atom. The lowest BCUT2D eigenvalue weighted by Crippen LogP contribution is -2.36. The van der Waals surface area contributed by atoms with Gasteiger partial charge in [0.05, 0.1) is 6.17 Å². The van der Waals surface area contributed by atoms with E-state index in [1.165, 1.54) is 129 Å². The standard InChI is InChI=1S/C26H52N2/c1-4-6-8-10-11-12-13-14-15-16-17-18-19-21-23-28-25-24-27(26(28)3)22-20-9-7-5-2/h24-26H,4-23H2,1-3H3. The molecule has 1 rings (SSSR count). The zero-order valence-electron chi connectivity index (χ0n) is 19.8. The van der Waals surface area contributed by atoms with E-state index in [0.717, 1.165) is 0 Å². The summed E-state index contributed by atoms with van der Waals surface area (Å²) < 4.78 is 0. The van der Waals surface area contributed by atoms with Crippen LogP contribution in [0.2, 0.25) is 0 Å². The molecule has 0 N–H and O–H groups in total. The van der Waals surface area contributed by atoms with Gasteiger partial charge >= 0.3 is 0 Å². The Morgan fingerprint density at radius 1 is 0.464 bits per heavy atom. The summed E-state index contributed by atoms with van der Waals surface area (Å²) in [6, 6.07) is 0. The number of hydrogen-bond acceptors (Lipinski definition) is 2.